The molecule has 28 heavy (non-hydrogen) atoms. The van der Waals surface area contributed by atoms with Gasteiger partial charge in [0.2, 0.25) is 5.91 Å². The minimum Gasteiger partial charge on any atom is -0.373 e. The van der Waals surface area contributed by atoms with E-state index >= 15 is 0 Å². The molecule has 1 heterocycles. The van der Waals surface area contributed by atoms with Gasteiger partial charge in [0.25, 0.3) is 0 Å². The monoisotopic (exact) mass is 408 g/mol. The summed E-state index contributed by atoms with van der Waals surface area (Å²) in [5.74, 6) is -0.810. The molecule has 0 radical (unpaired) electrons. The molecule has 2 atom stereocenters. The number of hydrogen-bond acceptors (Lipinski definition) is 5. The average molecular weight is 409 g/mol. The first-order valence-corrected chi connectivity index (χ1v) is 12.0. The SMILES string of the molecule is CC1CN(Cc2ccc(CNC(=O)CS(=O)(=O)C3CCCC3)cc2)CC(C)O1. The second-order valence-corrected chi connectivity index (χ2v) is 10.5. The highest BCUT2D eigenvalue weighted by atomic mass is 32.2. The maximum atomic E-state index is 12.3. The molecule has 1 aromatic rings. The predicted octanol–water partition coefficient (Wildman–Crippen LogP) is 2.27. The van der Waals surface area contributed by atoms with Gasteiger partial charge in [-0.1, -0.05) is 37.1 Å². The van der Waals surface area contributed by atoms with Crippen molar-refractivity contribution in [3.05, 3.63) is 35.4 Å². The minimum absolute atomic E-state index is 0.249. The number of benzene rings is 1. The van der Waals surface area contributed by atoms with Crippen LogP contribution in [0.15, 0.2) is 24.3 Å². The molecule has 1 aromatic carbocycles. The summed E-state index contributed by atoms with van der Waals surface area (Å²) in [6, 6.07) is 8.13. The Hall–Kier alpha value is -1.44. The molecular weight excluding hydrogens is 376 g/mol. The summed E-state index contributed by atoms with van der Waals surface area (Å²) in [5, 5.41) is 2.42. The van der Waals surface area contributed by atoms with Crippen LogP contribution in [0.4, 0.5) is 0 Å². The molecule has 3 rings (SSSR count). The molecule has 0 aromatic heterocycles. The fraction of sp³-hybridized carbons (Fsp3) is 0.667. The Labute approximate surface area is 168 Å². The van der Waals surface area contributed by atoms with Gasteiger partial charge in [-0.05, 0) is 37.8 Å². The van der Waals surface area contributed by atoms with Gasteiger partial charge in [-0.15, -0.1) is 0 Å². The number of sulfone groups is 1. The van der Waals surface area contributed by atoms with Crippen molar-refractivity contribution in [2.75, 3.05) is 18.8 Å². The van der Waals surface area contributed by atoms with Gasteiger partial charge in [0.05, 0.1) is 17.5 Å². The third kappa shape index (κ3) is 6.03. The van der Waals surface area contributed by atoms with E-state index in [1.165, 1.54) is 5.56 Å². The Kier molecular flexibility index (Phi) is 7.12. The molecule has 2 fully saturated rings. The molecule has 156 valence electrons. The standard InChI is InChI=1S/C21H32N2O4S/c1-16-12-23(13-17(2)27-16)14-19-9-7-18(8-10-19)11-22-21(24)15-28(25,26)20-5-3-4-6-20/h7-10,16-17,20H,3-6,11-15H2,1-2H3,(H,22,24). The quantitative estimate of drug-likeness (QED) is 0.749. The molecule has 1 saturated carbocycles. The van der Waals surface area contributed by atoms with E-state index < -0.39 is 21.5 Å². The summed E-state index contributed by atoms with van der Waals surface area (Å²) in [4.78, 5) is 14.5. The number of amides is 1. The van der Waals surface area contributed by atoms with Gasteiger partial charge in [-0.3, -0.25) is 9.69 Å². The molecule has 1 aliphatic carbocycles. The van der Waals surface area contributed by atoms with Crippen LogP contribution in [0.2, 0.25) is 0 Å². The smallest absolute Gasteiger partial charge is 0.235 e. The van der Waals surface area contributed by atoms with Crippen molar-refractivity contribution in [1.82, 2.24) is 10.2 Å². The van der Waals surface area contributed by atoms with E-state index in [0.29, 0.717) is 19.4 Å². The second-order valence-electron chi connectivity index (χ2n) is 8.26. The zero-order valence-electron chi connectivity index (χ0n) is 16.9. The van der Waals surface area contributed by atoms with Crippen molar-refractivity contribution in [1.29, 1.82) is 0 Å². The van der Waals surface area contributed by atoms with Crippen LogP contribution < -0.4 is 5.32 Å². The van der Waals surface area contributed by atoms with Crippen LogP contribution in [0.25, 0.3) is 0 Å². The van der Waals surface area contributed by atoms with E-state index in [0.717, 1.165) is 38.0 Å². The highest BCUT2D eigenvalue weighted by Gasteiger charge is 2.30. The van der Waals surface area contributed by atoms with Crippen molar-refractivity contribution < 1.29 is 17.9 Å². The maximum Gasteiger partial charge on any atom is 0.235 e. The lowest BCUT2D eigenvalue weighted by atomic mass is 10.1. The van der Waals surface area contributed by atoms with Crippen LogP contribution in [-0.2, 0) is 32.5 Å². The van der Waals surface area contributed by atoms with E-state index in [9.17, 15) is 13.2 Å². The molecule has 1 amide bonds. The summed E-state index contributed by atoms with van der Waals surface area (Å²) in [6.07, 6.45) is 3.77. The third-order valence-corrected chi connectivity index (χ3v) is 7.71. The molecule has 1 N–H and O–H groups in total. The third-order valence-electron chi connectivity index (χ3n) is 5.56. The van der Waals surface area contributed by atoms with Gasteiger partial charge in [0.1, 0.15) is 5.75 Å². The molecule has 0 spiro atoms. The molecule has 0 bridgehead atoms. The summed E-state index contributed by atoms with van der Waals surface area (Å²) in [6.45, 7) is 7.28. The topological polar surface area (TPSA) is 75.7 Å². The van der Waals surface area contributed by atoms with Crippen LogP contribution in [0.5, 0.6) is 0 Å². The van der Waals surface area contributed by atoms with Crippen molar-refractivity contribution in [3.8, 4) is 0 Å². The van der Waals surface area contributed by atoms with Crippen LogP contribution in [0.1, 0.15) is 50.7 Å². The summed E-state index contributed by atoms with van der Waals surface area (Å²) in [5.41, 5.74) is 2.19. The van der Waals surface area contributed by atoms with E-state index in [4.69, 9.17) is 4.74 Å². The second kappa shape index (κ2) is 9.37. The zero-order chi connectivity index (χ0) is 20.1. The van der Waals surface area contributed by atoms with E-state index in [1.54, 1.807) is 0 Å². The number of ether oxygens (including phenoxy) is 1. The van der Waals surface area contributed by atoms with Crippen molar-refractivity contribution in [2.24, 2.45) is 0 Å². The van der Waals surface area contributed by atoms with Gasteiger partial charge >= 0.3 is 0 Å². The molecule has 1 aliphatic heterocycles. The molecule has 2 aliphatic rings. The molecule has 1 saturated heterocycles. The fourth-order valence-corrected chi connectivity index (χ4v) is 5.99. The number of nitrogens with zero attached hydrogens (tertiary/aromatic N) is 1. The fourth-order valence-electron chi connectivity index (χ4n) is 4.23. The van der Waals surface area contributed by atoms with Crippen molar-refractivity contribution >= 4 is 15.7 Å². The summed E-state index contributed by atoms with van der Waals surface area (Å²) in [7, 11) is -3.32. The normalized spacial score (nSPS) is 24.4. The first-order valence-electron chi connectivity index (χ1n) is 10.3. The molecule has 2 unspecified atom stereocenters. The molecule has 7 heteroatoms. The van der Waals surface area contributed by atoms with Crippen LogP contribution in [0.3, 0.4) is 0 Å². The van der Waals surface area contributed by atoms with Crippen LogP contribution in [0, 0.1) is 0 Å². The number of morpholine rings is 1. The molecule has 6 nitrogen and oxygen atoms in total. The summed E-state index contributed by atoms with van der Waals surface area (Å²) < 4.78 is 30.3. The molecular formula is C21H32N2O4S. The van der Waals surface area contributed by atoms with E-state index in [-0.39, 0.29) is 17.5 Å². The average Bonchev–Trinajstić information content (AvgIpc) is 3.15. The van der Waals surface area contributed by atoms with Gasteiger partial charge in [-0.2, -0.15) is 0 Å². The van der Waals surface area contributed by atoms with E-state index in [2.05, 4.69) is 36.2 Å². The number of carbonyl (C=O) groups is 1. The van der Waals surface area contributed by atoms with Crippen molar-refractivity contribution in [2.45, 2.75) is 70.1 Å². The van der Waals surface area contributed by atoms with Gasteiger partial charge in [-0.25, -0.2) is 8.42 Å². The van der Waals surface area contributed by atoms with Crippen LogP contribution >= 0.6 is 0 Å². The lowest BCUT2D eigenvalue weighted by Gasteiger charge is -2.35. The highest BCUT2D eigenvalue weighted by molar-refractivity contribution is 7.92. The predicted molar refractivity (Wildman–Crippen MR) is 110 cm³/mol. The highest BCUT2D eigenvalue weighted by Crippen LogP contribution is 2.25. The maximum absolute atomic E-state index is 12.3. The van der Waals surface area contributed by atoms with Gasteiger partial charge in [0.15, 0.2) is 9.84 Å². The summed E-state index contributed by atoms with van der Waals surface area (Å²) >= 11 is 0. The Bertz CT molecular complexity index is 747. The Balaban J connectivity index is 1.45. The van der Waals surface area contributed by atoms with Gasteiger partial charge in [0, 0.05) is 26.2 Å². The lowest BCUT2D eigenvalue weighted by Crippen LogP contribution is -2.44. The Morgan fingerprint density at radius 2 is 1.64 bits per heavy atom. The number of nitrogens with one attached hydrogen (secondary N) is 1. The Morgan fingerprint density at radius 3 is 2.25 bits per heavy atom. The number of rotatable bonds is 7. The first kappa shape index (κ1) is 21.3. The van der Waals surface area contributed by atoms with E-state index in [1.807, 2.05) is 12.1 Å². The number of carbonyl (C=O) groups excluding carboxylic acids is 1. The largest absolute Gasteiger partial charge is 0.373 e. The lowest BCUT2D eigenvalue weighted by molar-refractivity contribution is -0.118. The first-order chi connectivity index (χ1) is 13.3. The number of hydrogen-bond donors (Lipinski definition) is 1. The Morgan fingerprint density at radius 1 is 1.07 bits per heavy atom. The van der Waals surface area contributed by atoms with Gasteiger partial charge < -0.3 is 10.1 Å². The van der Waals surface area contributed by atoms with Crippen molar-refractivity contribution in [3.63, 3.8) is 0 Å². The van der Waals surface area contributed by atoms with Crippen LogP contribution in [-0.4, -0.2) is 55.5 Å². The minimum atomic E-state index is -3.32. The zero-order valence-corrected chi connectivity index (χ0v) is 17.7.